The third-order valence-electron chi connectivity index (χ3n) is 3.80. The molecule has 0 atom stereocenters. The number of hydrogen-bond donors (Lipinski definition) is 1. The molecule has 0 unspecified atom stereocenters. The van der Waals surface area contributed by atoms with Crippen LogP contribution in [0.4, 0.5) is 5.69 Å². The molecule has 0 heterocycles. The Morgan fingerprint density at radius 2 is 1.29 bits per heavy atom. The molecule has 0 radical (unpaired) electrons. The van der Waals surface area contributed by atoms with Crippen molar-refractivity contribution in [2.24, 2.45) is 0 Å². The fourth-order valence-electron chi connectivity index (χ4n) is 2.45. The molecule has 0 aromatic heterocycles. The number of nitro groups is 1. The molecular weight excluding hydrogens is 330 g/mol. The lowest BCUT2D eigenvalue weighted by atomic mass is 10.0. The van der Waals surface area contributed by atoms with Crippen LogP contribution in [0.15, 0.2) is 53.4 Å². The highest BCUT2D eigenvalue weighted by molar-refractivity contribution is 7.85. The molecule has 0 spiro atoms. The zero-order valence-electron chi connectivity index (χ0n) is 13.1. The number of rotatable bonds is 8. The highest BCUT2D eigenvalue weighted by atomic mass is 32.2. The number of aryl methyl sites for hydroxylation is 2. The van der Waals surface area contributed by atoms with E-state index in [4.69, 9.17) is 4.55 Å². The zero-order chi connectivity index (χ0) is 17.6. The Hall–Kier alpha value is -2.25. The molecule has 2 aromatic rings. The maximum absolute atomic E-state index is 11.0. The number of hydrogen-bond acceptors (Lipinski definition) is 4. The molecule has 1 N–H and O–H groups in total. The molecule has 0 aliphatic heterocycles. The van der Waals surface area contributed by atoms with Gasteiger partial charge in [0.05, 0.1) is 9.82 Å². The van der Waals surface area contributed by atoms with E-state index < -0.39 is 15.0 Å². The van der Waals surface area contributed by atoms with Crippen LogP contribution in [0.2, 0.25) is 0 Å². The summed E-state index contributed by atoms with van der Waals surface area (Å²) in [7, 11) is -4.13. The Bertz CT molecular complexity index is 783. The second-order valence-corrected chi connectivity index (χ2v) is 7.02. The maximum Gasteiger partial charge on any atom is 0.294 e. The van der Waals surface area contributed by atoms with Gasteiger partial charge in [-0.15, -0.1) is 0 Å². The molecule has 0 bridgehead atoms. The van der Waals surface area contributed by atoms with Gasteiger partial charge in [0.25, 0.3) is 15.8 Å². The van der Waals surface area contributed by atoms with Crippen molar-refractivity contribution >= 4 is 15.8 Å². The molecule has 7 heteroatoms. The summed E-state index contributed by atoms with van der Waals surface area (Å²) in [5.74, 6) is 0. The molecule has 6 nitrogen and oxygen atoms in total. The summed E-state index contributed by atoms with van der Waals surface area (Å²) in [4.78, 5) is 10.1. The summed E-state index contributed by atoms with van der Waals surface area (Å²) in [6.07, 6.45) is 4.68. The van der Waals surface area contributed by atoms with Crippen molar-refractivity contribution in [3.63, 3.8) is 0 Å². The molecular formula is C17H19NO5S. The van der Waals surface area contributed by atoms with Crippen LogP contribution >= 0.6 is 0 Å². The standard InChI is InChI=1S/C17H19NO5S/c19-18(20)16-10-6-14(7-11-16)4-2-1-3-5-15-8-12-17(13-9-15)24(21,22)23/h6-13H,1-5H2,(H,21,22,23). The number of nitrogens with zero attached hydrogens (tertiary/aromatic N) is 1. The van der Waals surface area contributed by atoms with Crippen LogP contribution in [0.1, 0.15) is 30.4 Å². The van der Waals surface area contributed by atoms with Gasteiger partial charge < -0.3 is 0 Å². The Morgan fingerprint density at radius 1 is 0.833 bits per heavy atom. The monoisotopic (exact) mass is 349 g/mol. The first-order valence-electron chi connectivity index (χ1n) is 7.66. The van der Waals surface area contributed by atoms with Crippen LogP contribution in [0, 0.1) is 10.1 Å². The molecule has 128 valence electrons. The van der Waals surface area contributed by atoms with E-state index in [9.17, 15) is 18.5 Å². The number of unbranched alkanes of at least 4 members (excludes halogenated alkanes) is 2. The van der Waals surface area contributed by atoms with E-state index >= 15 is 0 Å². The first-order chi connectivity index (χ1) is 11.4. The van der Waals surface area contributed by atoms with Crippen molar-refractivity contribution in [3.8, 4) is 0 Å². The summed E-state index contributed by atoms with van der Waals surface area (Å²) in [5.41, 5.74) is 2.21. The molecule has 0 aliphatic rings. The predicted octanol–water partition coefficient (Wildman–Crippen LogP) is 3.80. The van der Waals surface area contributed by atoms with Gasteiger partial charge in [0, 0.05) is 12.1 Å². The Kier molecular flexibility index (Phi) is 6.05. The van der Waals surface area contributed by atoms with Crippen molar-refractivity contribution in [2.45, 2.75) is 37.0 Å². The molecule has 0 fully saturated rings. The van der Waals surface area contributed by atoms with E-state index in [0.717, 1.165) is 43.2 Å². The largest absolute Gasteiger partial charge is 0.294 e. The Balaban J connectivity index is 1.72. The fraction of sp³-hybridized carbons (Fsp3) is 0.294. The molecule has 2 aromatic carbocycles. The normalized spacial score (nSPS) is 11.4. The van der Waals surface area contributed by atoms with Gasteiger partial charge in [0.15, 0.2) is 0 Å². The fourth-order valence-corrected chi connectivity index (χ4v) is 2.93. The zero-order valence-corrected chi connectivity index (χ0v) is 13.9. The third kappa shape index (κ3) is 5.43. The van der Waals surface area contributed by atoms with Crippen molar-refractivity contribution in [3.05, 3.63) is 69.8 Å². The minimum atomic E-state index is -4.13. The SMILES string of the molecule is O=[N+]([O-])c1ccc(CCCCCc2ccc(S(=O)(=O)O)cc2)cc1. The second-order valence-electron chi connectivity index (χ2n) is 5.60. The average Bonchev–Trinajstić information content (AvgIpc) is 2.54. The van der Waals surface area contributed by atoms with Crippen molar-refractivity contribution in [1.82, 2.24) is 0 Å². The highest BCUT2D eigenvalue weighted by Crippen LogP contribution is 2.15. The van der Waals surface area contributed by atoms with E-state index in [1.807, 2.05) is 0 Å². The highest BCUT2D eigenvalue weighted by Gasteiger charge is 2.08. The maximum atomic E-state index is 11.0. The summed E-state index contributed by atoms with van der Waals surface area (Å²) >= 11 is 0. The van der Waals surface area contributed by atoms with E-state index in [-0.39, 0.29) is 10.6 Å². The summed E-state index contributed by atoms with van der Waals surface area (Å²) in [6.45, 7) is 0. The minimum absolute atomic E-state index is 0.0931. The van der Waals surface area contributed by atoms with Crippen LogP contribution < -0.4 is 0 Å². The van der Waals surface area contributed by atoms with Gasteiger partial charge >= 0.3 is 0 Å². The lowest BCUT2D eigenvalue weighted by Crippen LogP contribution is -1.98. The quantitative estimate of drug-likeness (QED) is 0.338. The average molecular weight is 349 g/mol. The molecule has 0 saturated heterocycles. The van der Waals surface area contributed by atoms with Crippen LogP contribution in [-0.4, -0.2) is 17.9 Å². The van der Waals surface area contributed by atoms with E-state index in [1.165, 1.54) is 24.3 Å². The topological polar surface area (TPSA) is 97.5 Å². The van der Waals surface area contributed by atoms with Crippen LogP contribution in [-0.2, 0) is 23.0 Å². The minimum Gasteiger partial charge on any atom is -0.282 e. The summed E-state index contributed by atoms with van der Waals surface area (Å²) in [5, 5.41) is 10.6. The smallest absolute Gasteiger partial charge is 0.282 e. The molecule has 0 aliphatic carbocycles. The second kappa shape index (κ2) is 8.03. The van der Waals surface area contributed by atoms with Crippen molar-refractivity contribution in [2.75, 3.05) is 0 Å². The number of nitro benzene ring substituents is 1. The van der Waals surface area contributed by atoms with Gasteiger partial charge in [0.1, 0.15) is 0 Å². The van der Waals surface area contributed by atoms with Crippen molar-refractivity contribution < 1.29 is 17.9 Å². The van der Waals surface area contributed by atoms with Gasteiger partial charge in [-0.2, -0.15) is 8.42 Å². The lowest BCUT2D eigenvalue weighted by Gasteiger charge is -2.04. The number of benzene rings is 2. The molecule has 2 rings (SSSR count). The van der Waals surface area contributed by atoms with Gasteiger partial charge in [-0.05, 0) is 48.9 Å². The summed E-state index contributed by atoms with van der Waals surface area (Å²) in [6, 6.07) is 12.8. The van der Waals surface area contributed by atoms with Gasteiger partial charge in [0.2, 0.25) is 0 Å². The van der Waals surface area contributed by atoms with Gasteiger partial charge in [-0.3, -0.25) is 14.7 Å². The lowest BCUT2D eigenvalue weighted by molar-refractivity contribution is -0.384. The third-order valence-corrected chi connectivity index (χ3v) is 4.67. The van der Waals surface area contributed by atoms with E-state index in [1.54, 1.807) is 24.3 Å². The first-order valence-corrected chi connectivity index (χ1v) is 9.10. The molecule has 0 saturated carbocycles. The Morgan fingerprint density at radius 3 is 1.71 bits per heavy atom. The van der Waals surface area contributed by atoms with Crippen molar-refractivity contribution in [1.29, 1.82) is 0 Å². The van der Waals surface area contributed by atoms with Gasteiger partial charge in [-0.25, -0.2) is 0 Å². The predicted molar refractivity (Wildman–Crippen MR) is 90.6 cm³/mol. The van der Waals surface area contributed by atoms with Crippen LogP contribution in [0.3, 0.4) is 0 Å². The molecule has 24 heavy (non-hydrogen) atoms. The first kappa shape index (κ1) is 18.1. The van der Waals surface area contributed by atoms with E-state index in [2.05, 4.69) is 0 Å². The summed E-state index contributed by atoms with van der Waals surface area (Å²) < 4.78 is 30.8. The van der Waals surface area contributed by atoms with Crippen LogP contribution in [0.5, 0.6) is 0 Å². The van der Waals surface area contributed by atoms with Crippen LogP contribution in [0.25, 0.3) is 0 Å². The molecule has 0 amide bonds. The van der Waals surface area contributed by atoms with E-state index in [0.29, 0.717) is 0 Å². The number of non-ortho nitro benzene ring substituents is 1. The van der Waals surface area contributed by atoms with Gasteiger partial charge in [-0.1, -0.05) is 30.7 Å². The Labute approximate surface area is 141 Å².